The molecule has 30 heavy (non-hydrogen) atoms. The van der Waals surface area contributed by atoms with Crippen LogP contribution in [0.2, 0.25) is 0 Å². The monoisotopic (exact) mass is 420 g/mol. The maximum Gasteiger partial charge on any atom is 0.433 e. The van der Waals surface area contributed by atoms with Gasteiger partial charge in [0.2, 0.25) is 5.88 Å². The topological polar surface area (TPSA) is 76.1 Å². The lowest BCUT2D eigenvalue weighted by molar-refractivity contribution is -0.141. The third-order valence-electron chi connectivity index (χ3n) is 4.08. The van der Waals surface area contributed by atoms with Crippen LogP contribution >= 0.6 is 0 Å². The highest BCUT2D eigenvalue weighted by Crippen LogP contribution is 2.31. The molecule has 0 unspecified atom stereocenters. The van der Waals surface area contributed by atoms with Gasteiger partial charge in [0.15, 0.2) is 0 Å². The summed E-state index contributed by atoms with van der Waals surface area (Å²) < 4.78 is 57.7. The zero-order chi connectivity index (χ0) is 21.9. The number of anilines is 3. The smallest absolute Gasteiger partial charge is 0.433 e. The van der Waals surface area contributed by atoms with E-state index in [2.05, 4.69) is 20.6 Å². The van der Waals surface area contributed by atoms with Crippen molar-refractivity contribution in [3.8, 4) is 5.88 Å². The number of halogens is 4. The molecule has 0 aliphatic rings. The predicted octanol–water partition coefficient (Wildman–Crippen LogP) is 4.95. The van der Waals surface area contributed by atoms with E-state index in [9.17, 15) is 22.4 Å². The van der Waals surface area contributed by atoms with Crippen LogP contribution in [0.1, 0.15) is 21.6 Å². The van der Waals surface area contributed by atoms with Gasteiger partial charge in [0.1, 0.15) is 17.3 Å². The lowest BCUT2D eigenvalue weighted by Crippen LogP contribution is -2.17. The number of ether oxygens (including phenoxy) is 1. The van der Waals surface area contributed by atoms with Gasteiger partial charge in [-0.05, 0) is 48.9 Å². The Morgan fingerprint density at radius 3 is 2.47 bits per heavy atom. The molecule has 0 aliphatic carbocycles. The number of nitrogens with one attached hydrogen (secondary N) is 2. The molecule has 2 heterocycles. The second kappa shape index (κ2) is 8.36. The average Bonchev–Trinajstić information content (AvgIpc) is 2.70. The van der Waals surface area contributed by atoms with Crippen molar-refractivity contribution in [2.45, 2.75) is 13.1 Å². The maximum atomic E-state index is 13.3. The number of alkyl halides is 3. The number of aromatic nitrogens is 2. The first-order valence-corrected chi connectivity index (χ1v) is 8.60. The van der Waals surface area contributed by atoms with Crippen LogP contribution in [-0.4, -0.2) is 23.0 Å². The zero-order valence-electron chi connectivity index (χ0n) is 15.8. The highest BCUT2D eigenvalue weighted by molar-refractivity contribution is 6.07. The van der Waals surface area contributed by atoms with Gasteiger partial charge in [-0.2, -0.15) is 13.2 Å². The molecule has 1 aromatic carbocycles. The summed E-state index contributed by atoms with van der Waals surface area (Å²) in [5.41, 5.74) is -0.261. The first kappa shape index (κ1) is 21.0. The fraction of sp³-hybridized carbons (Fsp3) is 0.150. The van der Waals surface area contributed by atoms with Crippen molar-refractivity contribution in [3.05, 3.63) is 71.3 Å². The molecular weight excluding hydrogens is 404 g/mol. The number of rotatable bonds is 5. The van der Waals surface area contributed by atoms with E-state index in [1.54, 1.807) is 6.92 Å². The molecule has 0 fully saturated rings. The van der Waals surface area contributed by atoms with Crippen molar-refractivity contribution in [2.24, 2.45) is 0 Å². The minimum atomic E-state index is -4.71. The van der Waals surface area contributed by atoms with Crippen LogP contribution in [-0.2, 0) is 6.18 Å². The van der Waals surface area contributed by atoms with Crippen molar-refractivity contribution in [1.29, 1.82) is 0 Å². The molecule has 3 aromatic rings. The first-order valence-electron chi connectivity index (χ1n) is 8.60. The minimum absolute atomic E-state index is 0.137. The number of carbonyl (C=O) groups excluding carboxylic acids is 1. The molecule has 2 aromatic heterocycles. The van der Waals surface area contributed by atoms with Gasteiger partial charge in [0.25, 0.3) is 5.91 Å². The number of carbonyl (C=O) groups is 1. The van der Waals surface area contributed by atoms with Crippen LogP contribution in [0.3, 0.4) is 0 Å². The van der Waals surface area contributed by atoms with Gasteiger partial charge in [-0.25, -0.2) is 14.4 Å². The third kappa shape index (κ3) is 4.83. The van der Waals surface area contributed by atoms with Crippen LogP contribution in [0.5, 0.6) is 5.88 Å². The first-order chi connectivity index (χ1) is 14.2. The number of benzene rings is 1. The highest BCUT2D eigenvalue weighted by atomic mass is 19.4. The van der Waals surface area contributed by atoms with Gasteiger partial charge in [-0.15, -0.1) is 0 Å². The molecule has 0 aliphatic heterocycles. The van der Waals surface area contributed by atoms with Gasteiger partial charge >= 0.3 is 6.18 Å². The van der Waals surface area contributed by atoms with Crippen molar-refractivity contribution in [1.82, 2.24) is 9.97 Å². The molecule has 0 atom stereocenters. The normalized spacial score (nSPS) is 11.1. The third-order valence-corrected chi connectivity index (χ3v) is 4.08. The van der Waals surface area contributed by atoms with E-state index in [0.717, 1.165) is 12.1 Å². The summed E-state index contributed by atoms with van der Waals surface area (Å²) in [5, 5.41) is 5.23. The van der Waals surface area contributed by atoms with E-state index < -0.39 is 23.6 Å². The maximum absolute atomic E-state index is 13.3. The Morgan fingerprint density at radius 1 is 1.10 bits per heavy atom. The summed E-state index contributed by atoms with van der Waals surface area (Å²) in [6.07, 6.45) is -3.37. The van der Waals surface area contributed by atoms with Gasteiger partial charge in [-0.3, -0.25) is 4.79 Å². The number of aryl methyl sites for hydroxylation is 1. The number of nitrogens with zero attached hydrogens (tertiary/aromatic N) is 2. The molecule has 0 saturated carbocycles. The second-order valence-electron chi connectivity index (χ2n) is 6.22. The van der Waals surface area contributed by atoms with Crippen LogP contribution in [0, 0.1) is 12.7 Å². The lowest BCUT2D eigenvalue weighted by Gasteiger charge is -2.15. The Morgan fingerprint density at radius 2 is 1.87 bits per heavy atom. The molecule has 0 radical (unpaired) electrons. The quantitative estimate of drug-likeness (QED) is 0.572. The van der Waals surface area contributed by atoms with E-state index in [-0.39, 0.29) is 11.4 Å². The van der Waals surface area contributed by atoms with Crippen molar-refractivity contribution >= 4 is 23.1 Å². The van der Waals surface area contributed by atoms with Crippen molar-refractivity contribution < 1.29 is 27.1 Å². The van der Waals surface area contributed by atoms with Crippen LogP contribution in [0.25, 0.3) is 0 Å². The van der Waals surface area contributed by atoms with Gasteiger partial charge < -0.3 is 15.4 Å². The average molecular weight is 420 g/mol. The SMILES string of the molecule is COc1ccc(NC(=O)c2ccc(C(F)(F)F)nc2Nc2ccc(F)cc2C)cn1. The highest BCUT2D eigenvalue weighted by Gasteiger charge is 2.33. The summed E-state index contributed by atoms with van der Waals surface area (Å²) in [6, 6.07) is 8.47. The molecule has 0 spiro atoms. The number of hydrogen-bond donors (Lipinski definition) is 2. The molecule has 0 bridgehead atoms. The molecule has 3 rings (SSSR count). The predicted molar refractivity (Wildman–Crippen MR) is 102 cm³/mol. The molecule has 1 amide bonds. The summed E-state index contributed by atoms with van der Waals surface area (Å²) in [5.74, 6) is -1.19. The number of methoxy groups -OCH3 is 1. The van der Waals surface area contributed by atoms with Gasteiger partial charge in [0, 0.05) is 11.8 Å². The standard InChI is InChI=1S/C20H16F4N4O2/c1-11-9-12(21)3-6-15(11)27-18-14(5-7-16(28-18)20(22,23)24)19(29)26-13-4-8-17(30-2)25-10-13/h3-10H,1-2H3,(H,26,29)(H,27,28). The second-order valence-corrected chi connectivity index (χ2v) is 6.22. The van der Waals surface area contributed by atoms with Gasteiger partial charge in [0.05, 0.1) is 24.6 Å². The Hall–Kier alpha value is -3.69. The molecular formula is C20H16F4N4O2. The fourth-order valence-corrected chi connectivity index (χ4v) is 2.56. The van der Waals surface area contributed by atoms with Gasteiger partial charge in [-0.1, -0.05) is 0 Å². The minimum Gasteiger partial charge on any atom is -0.481 e. The van der Waals surface area contributed by atoms with Crippen LogP contribution in [0.15, 0.2) is 48.7 Å². The number of hydrogen-bond acceptors (Lipinski definition) is 5. The zero-order valence-corrected chi connectivity index (χ0v) is 15.8. The van der Waals surface area contributed by atoms with Crippen LogP contribution < -0.4 is 15.4 Å². The number of amides is 1. The Labute approximate surface area is 168 Å². The largest absolute Gasteiger partial charge is 0.481 e. The van der Waals surface area contributed by atoms with Crippen LogP contribution in [0.4, 0.5) is 34.8 Å². The molecule has 156 valence electrons. The van der Waals surface area contributed by atoms with E-state index in [1.165, 1.54) is 37.6 Å². The summed E-state index contributed by atoms with van der Waals surface area (Å²) in [6.45, 7) is 1.57. The van der Waals surface area contributed by atoms with E-state index in [4.69, 9.17) is 4.74 Å². The Balaban J connectivity index is 1.96. The Kier molecular flexibility index (Phi) is 5.86. The Bertz CT molecular complexity index is 1070. The number of pyridine rings is 2. The van der Waals surface area contributed by atoms with E-state index in [0.29, 0.717) is 28.9 Å². The molecule has 2 N–H and O–H groups in total. The van der Waals surface area contributed by atoms with Crippen molar-refractivity contribution in [3.63, 3.8) is 0 Å². The fourth-order valence-electron chi connectivity index (χ4n) is 2.56. The molecule has 6 nitrogen and oxygen atoms in total. The molecule has 0 saturated heterocycles. The van der Waals surface area contributed by atoms with E-state index >= 15 is 0 Å². The summed E-state index contributed by atoms with van der Waals surface area (Å²) in [4.78, 5) is 20.2. The molecule has 10 heteroatoms. The lowest BCUT2D eigenvalue weighted by atomic mass is 10.1. The van der Waals surface area contributed by atoms with E-state index in [1.807, 2.05) is 0 Å². The summed E-state index contributed by atoms with van der Waals surface area (Å²) in [7, 11) is 1.43. The summed E-state index contributed by atoms with van der Waals surface area (Å²) >= 11 is 0. The van der Waals surface area contributed by atoms with Crippen molar-refractivity contribution in [2.75, 3.05) is 17.7 Å².